The number of rotatable bonds is 12. The first-order valence-corrected chi connectivity index (χ1v) is 17.4. The molecule has 1 aromatic carbocycles. The van der Waals surface area contributed by atoms with Gasteiger partial charge in [0.2, 0.25) is 0 Å². The van der Waals surface area contributed by atoms with Crippen LogP contribution in [0.3, 0.4) is 0 Å². The van der Waals surface area contributed by atoms with E-state index in [0.29, 0.717) is 58.6 Å². The third kappa shape index (κ3) is 7.30. The summed E-state index contributed by atoms with van der Waals surface area (Å²) in [5.41, 5.74) is 3.26. The molecule has 14 nitrogen and oxygen atoms in total. The first kappa shape index (κ1) is 35.0. The maximum absolute atomic E-state index is 14.0. The number of pyridine rings is 1. The lowest BCUT2D eigenvalue weighted by molar-refractivity contribution is -0.149. The summed E-state index contributed by atoms with van der Waals surface area (Å²) >= 11 is 0. The van der Waals surface area contributed by atoms with Crippen LogP contribution in [-0.2, 0) is 34.3 Å². The number of hydrogen-bond acceptors (Lipinski definition) is 10. The molecule has 15 heteroatoms. The van der Waals surface area contributed by atoms with E-state index < -0.39 is 36.5 Å². The van der Waals surface area contributed by atoms with E-state index in [2.05, 4.69) is 20.9 Å². The number of esters is 1. The lowest BCUT2D eigenvalue weighted by Gasteiger charge is -2.31. The third-order valence-electron chi connectivity index (χ3n) is 9.12. The number of oxazole rings is 1. The van der Waals surface area contributed by atoms with Gasteiger partial charge in [0.15, 0.2) is 29.7 Å². The lowest BCUT2D eigenvalue weighted by atomic mass is 10.0. The summed E-state index contributed by atoms with van der Waals surface area (Å²) < 4.78 is 40.6. The van der Waals surface area contributed by atoms with Gasteiger partial charge < -0.3 is 38.0 Å². The topological polar surface area (TPSA) is 156 Å². The summed E-state index contributed by atoms with van der Waals surface area (Å²) in [6, 6.07) is 8.73. The zero-order valence-electron chi connectivity index (χ0n) is 29.8. The number of fused-ring (bicyclic) bond motifs is 3. The Labute approximate surface area is 299 Å². The van der Waals surface area contributed by atoms with Gasteiger partial charge in [-0.05, 0) is 57.7 Å². The molecule has 0 radical (unpaired) electrons. The van der Waals surface area contributed by atoms with Crippen molar-refractivity contribution in [3.05, 3.63) is 59.9 Å². The predicted molar refractivity (Wildman–Crippen MR) is 187 cm³/mol. The van der Waals surface area contributed by atoms with Gasteiger partial charge >= 0.3 is 12.1 Å². The van der Waals surface area contributed by atoms with Crippen LogP contribution in [0.4, 0.5) is 9.18 Å². The van der Waals surface area contributed by atoms with Gasteiger partial charge in [-0.2, -0.15) is 0 Å². The van der Waals surface area contributed by atoms with E-state index in [1.165, 1.54) is 24.4 Å². The highest BCUT2D eigenvalue weighted by Gasteiger charge is 2.32. The molecule has 2 amide bonds. The Kier molecular flexibility index (Phi) is 9.36. The number of alkyl carbamates (subject to hydrolysis) is 1. The number of para-hydroxylation sites is 1. The molecule has 2 atom stereocenters. The average molecular weight is 716 g/mol. The predicted octanol–water partition coefficient (Wildman–Crippen LogP) is 5.53. The molecule has 274 valence electrons. The van der Waals surface area contributed by atoms with Gasteiger partial charge in [0.05, 0.1) is 34.7 Å². The standard InChI is InChI=1S/C37H42FN7O7/c1-21(46)51-31(30-16-39-20-50-30)19-49-29-8-6-7-23-13-28(45(32(23)29)17-22-9-10-22)34-42-27-14-25-26(41-33(27)43(34)5)11-12-44(35(25)47)18-24(15-38)40-36(48)52-37(2,3)4/h6-8,13-14,16,20,22,24,31H,9-12,15,17-19H2,1-5H3,(H,40,48). The number of nitrogens with zero attached hydrogens (tertiary/aromatic N) is 6. The molecule has 1 aliphatic heterocycles. The molecule has 0 bridgehead atoms. The second-order valence-electron chi connectivity index (χ2n) is 14.4. The van der Waals surface area contributed by atoms with Crippen LogP contribution in [0.5, 0.6) is 5.75 Å². The number of carbonyl (C=O) groups is 3. The molecule has 7 rings (SSSR count). The van der Waals surface area contributed by atoms with E-state index >= 15 is 0 Å². The van der Waals surface area contributed by atoms with Crippen LogP contribution in [0.25, 0.3) is 33.6 Å². The fourth-order valence-corrected chi connectivity index (χ4v) is 6.58. The summed E-state index contributed by atoms with van der Waals surface area (Å²) in [4.78, 5) is 53.3. The summed E-state index contributed by atoms with van der Waals surface area (Å²) in [6.45, 7) is 6.75. The van der Waals surface area contributed by atoms with Gasteiger partial charge in [-0.3, -0.25) is 9.59 Å². The maximum Gasteiger partial charge on any atom is 0.408 e. The van der Waals surface area contributed by atoms with Crippen LogP contribution in [0.2, 0.25) is 0 Å². The summed E-state index contributed by atoms with van der Waals surface area (Å²) in [6.07, 6.45) is 3.97. The summed E-state index contributed by atoms with van der Waals surface area (Å²) in [7, 11) is 1.91. The lowest BCUT2D eigenvalue weighted by Crippen LogP contribution is -2.50. The van der Waals surface area contributed by atoms with E-state index in [1.54, 1.807) is 26.8 Å². The SMILES string of the molecule is CC(=O)OC(COc1cccc2cc(-c3nc4cc5c(nc4n3C)CCN(CC(CF)NC(=O)OC(C)(C)C)C5=O)n(CC3CC3)c12)c1cnco1. The van der Waals surface area contributed by atoms with Crippen molar-refractivity contribution in [2.24, 2.45) is 13.0 Å². The number of hydrogen-bond donors (Lipinski definition) is 1. The van der Waals surface area contributed by atoms with Crippen molar-refractivity contribution in [2.45, 2.75) is 71.2 Å². The number of nitrogens with one attached hydrogen (secondary N) is 1. The Morgan fingerprint density at radius 3 is 2.67 bits per heavy atom. The minimum absolute atomic E-state index is 0.00871. The molecule has 0 spiro atoms. The van der Waals surface area contributed by atoms with Gasteiger partial charge in [-0.15, -0.1) is 0 Å². The molecular weight excluding hydrogens is 673 g/mol. The number of carbonyl (C=O) groups excluding carboxylic acids is 3. The zero-order valence-corrected chi connectivity index (χ0v) is 29.8. The van der Waals surface area contributed by atoms with E-state index in [1.807, 2.05) is 29.8 Å². The second-order valence-corrected chi connectivity index (χ2v) is 14.4. The fraction of sp³-hybridized carbons (Fsp3) is 0.459. The molecule has 1 aliphatic carbocycles. The van der Waals surface area contributed by atoms with Gasteiger partial charge in [-0.25, -0.2) is 24.1 Å². The van der Waals surface area contributed by atoms with E-state index in [0.717, 1.165) is 36.0 Å². The largest absolute Gasteiger partial charge is 0.487 e. The first-order valence-electron chi connectivity index (χ1n) is 17.4. The number of alkyl halides is 1. The van der Waals surface area contributed by atoms with Gasteiger partial charge in [0.25, 0.3) is 5.91 Å². The quantitative estimate of drug-likeness (QED) is 0.163. The van der Waals surface area contributed by atoms with Crippen LogP contribution in [-0.4, -0.2) is 85.0 Å². The smallest absolute Gasteiger partial charge is 0.408 e. The Morgan fingerprint density at radius 2 is 1.98 bits per heavy atom. The molecule has 2 unspecified atom stereocenters. The molecule has 1 N–H and O–H groups in total. The van der Waals surface area contributed by atoms with Crippen molar-refractivity contribution >= 4 is 40.0 Å². The van der Waals surface area contributed by atoms with Crippen LogP contribution in [0.15, 0.2) is 47.3 Å². The molecule has 5 aromatic rings. The molecular formula is C37H42FN7O7. The van der Waals surface area contributed by atoms with Crippen molar-refractivity contribution in [3.8, 4) is 17.3 Å². The number of aryl methyl sites for hydroxylation is 1. The van der Waals surface area contributed by atoms with Crippen LogP contribution in [0, 0.1) is 5.92 Å². The van der Waals surface area contributed by atoms with Crippen LogP contribution < -0.4 is 10.1 Å². The highest BCUT2D eigenvalue weighted by Crippen LogP contribution is 2.39. The Hall–Kier alpha value is -5.47. The minimum atomic E-state index is -0.921. The molecule has 1 saturated carbocycles. The number of benzene rings is 1. The van der Waals surface area contributed by atoms with Crippen molar-refractivity contribution < 1.29 is 37.4 Å². The van der Waals surface area contributed by atoms with Gasteiger partial charge in [0.1, 0.15) is 30.1 Å². The monoisotopic (exact) mass is 715 g/mol. The highest BCUT2D eigenvalue weighted by molar-refractivity contribution is 5.99. The fourth-order valence-electron chi connectivity index (χ4n) is 6.58. The molecule has 4 aromatic heterocycles. The summed E-state index contributed by atoms with van der Waals surface area (Å²) in [5.74, 6) is 1.42. The van der Waals surface area contributed by atoms with Crippen molar-refractivity contribution in [1.82, 2.24) is 34.3 Å². The number of aromatic nitrogens is 5. The number of ether oxygens (including phenoxy) is 3. The van der Waals surface area contributed by atoms with E-state index in [4.69, 9.17) is 28.6 Å². The van der Waals surface area contributed by atoms with Crippen molar-refractivity contribution in [2.75, 3.05) is 26.4 Å². The molecule has 1 fully saturated rings. The molecule has 52 heavy (non-hydrogen) atoms. The van der Waals surface area contributed by atoms with Crippen molar-refractivity contribution in [1.29, 1.82) is 0 Å². The minimum Gasteiger partial charge on any atom is -0.487 e. The average Bonchev–Trinajstić information content (AvgIpc) is 3.44. The maximum atomic E-state index is 14.0. The normalized spacial score (nSPS) is 15.8. The highest BCUT2D eigenvalue weighted by atomic mass is 19.1. The Balaban J connectivity index is 1.19. The van der Waals surface area contributed by atoms with Crippen LogP contribution in [0.1, 0.15) is 68.5 Å². The molecule has 5 heterocycles. The number of imidazole rings is 1. The molecule has 2 aliphatic rings. The van der Waals surface area contributed by atoms with Crippen LogP contribution >= 0.6 is 0 Å². The van der Waals surface area contributed by atoms with E-state index in [9.17, 15) is 18.8 Å². The number of amides is 2. The van der Waals surface area contributed by atoms with E-state index in [-0.39, 0.29) is 19.1 Å². The van der Waals surface area contributed by atoms with Gasteiger partial charge in [-0.1, -0.05) is 12.1 Å². The zero-order chi connectivity index (χ0) is 36.7. The Morgan fingerprint density at radius 1 is 1.17 bits per heavy atom. The number of halogens is 1. The Bertz CT molecular complexity index is 2130. The van der Waals surface area contributed by atoms with Crippen molar-refractivity contribution in [3.63, 3.8) is 0 Å². The first-order chi connectivity index (χ1) is 24.9. The summed E-state index contributed by atoms with van der Waals surface area (Å²) in [5, 5.41) is 3.49. The van der Waals surface area contributed by atoms with Gasteiger partial charge in [0, 0.05) is 45.4 Å². The molecule has 0 saturated heterocycles. The third-order valence-corrected chi connectivity index (χ3v) is 9.12. The second kappa shape index (κ2) is 13.9.